The Hall–Kier alpha value is -1.24. The fourth-order valence-electron chi connectivity index (χ4n) is 0.979. The summed E-state index contributed by atoms with van der Waals surface area (Å²) in [6, 6.07) is 2.04. The van der Waals surface area contributed by atoms with Crippen LogP contribution in [0.15, 0.2) is 24.4 Å². The van der Waals surface area contributed by atoms with Crippen molar-refractivity contribution >= 4 is 12.7 Å². The van der Waals surface area contributed by atoms with E-state index in [0.717, 1.165) is 16.1 Å². The van der Waals surface area contributed by atoms with Gasteiger partial charge in [-0.25, -0.2) is 0 Å². The number of aryl methyl sites for hydroxylation is 1. The fourth-order valence-corrected chi connectivity index (χ4v) is 0.979. The van der Waals surface area contributed by atoms with Crippen LogP contribution in [0.5, 0.6) is 0 Å². The van der Waals surface area contributed by atoms with Crippen LogP contribution < -0.4 is 10.6 Å². The van der Waals surface area contributed by atoms with Gasteiger partial charge in [0.25, 0.3) is 0 Å². The van der Waals surface area contributed by atoms with E-state index in [9.17, 15) is 0 Å². The Bertz CT molecular complexity index is 368. The maximum Gasteiger partial charge on any atom is 0.0404 e. The van der Waals surface area contributed by atoms with E-state index in [4.69, 9.17) is 0 Å². The zero-order valence-corrected chi connectivity index (χ0v) is 9.09. The highest BCUT2D eigenvalue weighted by atomic mass is 14.9. The monoisotopic (exact) mass is 177 g/mol. The van der Waals surface area contributed by atoms with E-state index < -0.39 is 0 Å². The maximum atomic E-state index is 3.92. The highest BCUT2D eigenvalue weighted by molar-refractivity contribution is 5.43. The highest BCUT2D eigenvalue weighted by Gasteiger charge is 1.86. The average Bonchev–Trinajstić information content (AvgIpc) is 2.39. The van der Waals surface area contributed by atoms with Gasteiger partial charge in [0.2, 0.25) is 0 Å². The van der Waals surface area contributed by atoms with Crippen molar-refractivity contribution in [2.24, 2.45) is 7.05 Å². The molecule has 0 amide bonds. The molecule has 0 aliphatic carbocycles. The molecule has 0 saturated carbocycles. The summed E-state index contributed by atoms with van der Waals surface area (Å²) in [5.74, 6) is 0. The first-order valence-electron chi connectivity index (χ1n) is 4.59. The fraction of sp³-hybridized carbons (Fsp3) is 0.333. The lowest BCUT2D eigenvalue weighted by molar-refractivity contribution is 0.891. The molecule has 1 nitrogen and oxygen atoms in total. The second-order valence-electron chi connectivity index (χ2n) is 2.82. The molecule has 1 aromatic heterocycles. The number of hydrogen-bond donors (Lipinski definition) is 0. The molecule has 0 spiro atoms. The SMILES string of the molecule is C=C(C)/C=c1/ccn(C)c1=C.CC. The molecule has 1 heterocycles. The summed E-state index contributed by atoms with van der Waals surface area (Å²) in [7, 11) is 1.98. The van der Waals surface area contributed by atoms with Crippen LogP contribution >= 0.6 is 0 Å². The Morgan fingerprint density at radius 3 is 2.31 bits per heavy atom. The van der Waals surface area contributed by atoms with Gasteiger partial charge >= 0.3 is 0 Å². The summed E-state index contributed by atoms with van der Waals surface area (Å²) >= 11 is 0. The number of aromatic nitrogens is 1. The zero-order valence-electron chi connectivity index (χ0n) is 9.09. The van der Waals surface area contributed by atoms with Crippen LogP contribution in [-0.2, 0) is 7.05 Å². The van der Waals surface area contributed by atoms with E-state index in [0.29, 0.717) is 0 Å². The van der Waals surface area contributed by atoms with Crippen LogP contribution in [0.3, 0.4) is 0 Å². The van der Waals surface area contributed by atoms with E-state index in [2.05, 4.69) is 13.2 Å². The summed E-state index contributed by atoms with van der Waals surface area (Å²) < 4.78 is 1.99. The molecule has 0 fully saturated rings. The van der Waals surface area contributed by atoms with Gasteiger partial charge in [0, 0.05) is 18.6 Å². The molecule has 0 radical (unpaired) electrons. The third kappa shape index (κ3) is 3.32. The van der Waals surface area contributed by atoms with Gasteiger partial charge in [0.05, 0.1) is 0 Å². The lowest BCUT2D eigenvalue weighted by Gasteiger charge is -1.86. The van der Waals surface area contributed by atoms with Gasteiger partial charge in [-0.05, 0) is 18.2 Å². The summed E-state index contributed by atoms with van der Waals surface area (Å²) in [5.41, 5.74) is 1.06. The van der Waals surface area contributed by atoms with Crippen LogP contribution in [0.25, 0.3) is 12.7 Å². The average molecular weight is 177 g/mol. The topological polar surface area (TPSA) is 4.93 Å². The molecule has 0 atom stereocenters. The Kier molecular flexibility index (Phi) is 4.90. The van der Waals surface area contributed by atoms with Crippen molar-refractivity contribution in [2.75, 3.05) is 0 Å². The Balaban J connectivity index is 0.000000671. The molecule has 1 aromatic rings. The molecular formula is C12H19N. The molecule has 0 aliphatic heterocycles. The van der Waals surface area contributed by atoms with Crippen molar-refractivity contribution in [2.45, 2.75) is 20.8 Å². The molecule has 0 bridgehead atoms. The second-order valence-corrected chi connectivity index (χ2v) is 2.82. The lowest BCUT2D eigenvalue weighted by Crippen LogP contribution is -2.25. The van der Waals surface area contributed by atoms with Crippen LogP contribution in [-0.4, -0.2) is 4.57 Å². The lowest BCUT2D eigenvalue weighted by atomic mass is 10.3. The van der Waals surface area contributed by atoms with E-state index in [-0.39, 0.29) is 0 Å². The van der Waals surface area contributed by atoms with Gasteiger partial charge in [-0.2, -0.15) is 0 Å². The third-order valence-corrected chi connectivity index (χ3v) is 1.64. The molecule has 0 aliphatic rings. The van der Waals surface area contributed by atoms with Gasteiger partial charge in [-0.1, -0.05) is 38.7 Å². The van der Waals surface area contributed by atoms with E-state index in [1.54, 1.807) is 0 Å². The van der Waals surface area contributed by atoms with Crippen molar-refractivity contribution in [3.63, 3.8) is 0 Å². The first kappa shape index (κ1) is 11.8. The van der Waals surface area contributed by atoms with Crippen molar-refractivity contribution in [1.82, 2.24) is 4.57 Å². The summed E-state index contributed by atoms with van der Waals surface area (Å²) in [4.78, 5) is 0. The van der Waals surface area contributed by atoms with Gasteiger partial charge in [0.1, 0.15) is 0 Å². The van der Waals surface area contributed by atoms with E-state index >= 15 is 0 Å². The molecule has 1 rings (SSSR count). The molecule has 0 aromatic carbocycles. The largest absolute Gasteiger partial charge is 0.351 e. The van der Waals surface area contributed by atoms with Crippen LogP contribution in [0, 0.1) is 0 Å². The van der Waals surface area contributed by atoms with Crippen molar-refractivity contribution in [1.29, 1.82) is 0 Å². The number of allylic oxidation sites excluding steroid dienone is 1. The molecule has 0 saturated heterocycles. The van der Waals surface area contributed by atoms with Crippen molar-refractivity contribution in [3.8, 4) is 0 Å². The van der Waals surface area contributed by atoms with E-state index in [1.807, 2.05) is 50.7 Å². The van der Waals surface area contributed by atoms with Crippen LogP contribution in [0.1, 0.15) is 20.8 Å². The maximum absolute atomic E-state index is 3.92. The molecular weight excluding hydrogens is 158 g/mol. The minimum absolute atomic E-state index is 1.04. The number of rotatable bonds is 1. The number of nitrogens with zero attached hydrogens (tertiary/aromatic N) is 1. The molecule has 13 heavy (non-hydrogen) atoms. The zero-order chi connectivity index (χ0) is 10.4. The predicted octanol–water partition coefficient (Wildman–Crippen LogP) is 1.82. The summed E-state index contributed by atoms with van der Waals surface area (Å²) in [6.45, 7) is 13.7. The highest BCUT2D eigenvalue weighted by Crippen LogP contribution is 1.85. The normalized spacial score (nSPS) is 10.6. The summed E-state index contributed by atoms with van der Waals surface area (Å²) in [6.07, 6.45) is 4.03. The molecule has 1 heteroatoms. The van der Waals surface area contributed by atoms with E-state index in [1.165, 1.54) is 0 Å². The van der Waals surface area contributed by atoms with Gasteiger partial charge in [0.15, 0.2) is 0 Å². The first-order valence-corrected chi connectivity index (χ1v) is 4.59. The van der Waals surface area contributed by atoms with Crippen LogP contribution in [0.4, 0.5) is 0 Å². The van der Waals surface area contributed by atoms with Crippen molar-refractivity contribution in [3.05, 3.63) is 35.0 Å². The second kappa shape index (κ2) is 5.41. The minimum atomic E-state index is 1.04. The Morgan fingerprint density at radius 2 is 2.00 bits per heavy atom. The standard InChI is InChI=1S/C10H13N.C2H6/c1-8(2)7-10-5-6-11(4)9(10)3;1-2/h5-7H,1,3H2,2,4H3;1-2H3/b10-7-;. The van der Waals surface area contributed by atoms with Gasteiger partial charge in [-0.3, -0.25) is 0 Å². The molecule has 0 N–H and O–H groups in total. The Morgan fingerprint density at radius 1 is 1.46 bits per heavy atom. The number of hydrogen-bond acceptors (Lipinski definition) is 0. The first-order chi connectivity index (χ1) is 6.11. The third-order valence-electron chi connectivity index (χ3n) is 1.64. The minimum Gasteiger partial charge on any atom is -0.351 e. The van der Waals surface area contributed by atoms with Gasteiger partial charge in [-0.15, -0.1) is 0 Å². The predicted molar refractivity (Wildman–Crippen MR) is 60.8 cm³/mol. The summed E-state index contributed by atoms with van der Waals surface area (Å²) in [5, 5.41) is 2.19. The van der Waals surface area contributed by atoms with Crippen LogP contribution in [0.2, 0.25) is 0 Å². The van der Waals surface area contributed by atoms with Crippen molar-refractivity contribution < 1.29 is 0 Å². The smallest absolute Gasteiger partial charge is 0.0404 e. The molecule has 72 valence electrons. The van der Waals surface area contributed by atoms with Gasteiger partial charge < -0.3 is 4.57 Å². The quantitative estimate of drug-likeness (QED) is 0.616. The molecule has 0 unspecified atom stereocenters. The Labute approximate surface area is 80.7 Å².